The quantitative estimate of drug-likeness (QED) is 0.582. The number of rotatable bonds is 4. The van der Waals surface area contributed by atoms with Crippen LogP contribution in [0.5, 0.6) is 0 Å². The smallest absolute Gasteiger partial charge is 0.305 e. The molecule has 2 aromatic carbocycles. The van der Waals surface area contributed by atoms with Crippen molar-refractivity contribution < 1.29 is 19.1 Å². The Morgan fingerprint density at radius 3 is 2.82 bits per heavy atom. The number of halogens is 3. The Morgan fingerprint density at radius 1 is 1.29 bits per heavy atom. The molecule has 1 atom stereocenters. The second kappa shape index (κ2) is 7.51. The van der Waals surface area contributed by atoms with Crippen molar-refractivity contribution in [2.75, 3.05) is 4.90 Å². The molecule has 1 amide bonds. The molecular weight excluding hydrogens is 446 g/mol. The maximum atomic E-state index is 14.3. The van der Waals surface area contributed by atoms with Gasteiger partial charge in [-0.3, -0.25) is 9.59 Å². The average Bonchev–Trinajstić information content (AvgIpc) is 3.06. The third-order valence-electron chi connectivity index (χ3n) is 4.19. The van der Waals surface area contributed by atoms with Gasteiger partial charge < -0.3 is 10.0 Å². The van der Waals surface area contributed by atoms with Gasteiger partial charge in [0.1, 0.15) is 16.3 Å². The van der Waals surface area contributed by atoms with Gasteiger partial charge in [-0.15, -0.1) is 23.1 Å². The monoisotopic (exact) mass is 456 g/mol. The summed E-state index contributed by atoms with van der Waals surface area (Å²) in [7, 11) is 0. The lowest BCUT2D eigenvalue weighted by molar-refractivity contribution is -0.138. The van der Waals surface area contributed by atoms with Crippen LogP contribution in [0.1, 0.15) is 11.4 Å². The van der Waals surface area contributed by atoms with Crippen LogP contribution in [-0.2, 0) is 16.1 Å². The van der Waals surface area contributed by atoms with Crippen LogP contribution in [0.3, 0.4) is 0 Å². The highest BCUT2D eigenvalue weighted by Gasteiger charge is 2.36. The average molecular weight is 457 g/mol. The van der Waals surface area contributed by atoms with Crippen molar-refractivity contribution in [2.45, 2.75) is 23.1 Å². The van der Waals surface area contributed by atoms with Crippen molar-refractivity contribution in [2.24, 2.45) is 0 Å². The largest absolute Gasteiger partial charge is 0.481 e. The van der Waals surface area contributed by atoms with E-state index in [1.165, 1.54) is 28.4 Å². The van der Waals surface area contributed by atoms with Gasteiger partial charge in [-0.05, 0) is 24.3 Å². The fraction of sp³-hybridized carbons (Fsp3) is 0.167. The first kappa shape index (κ1) is 19.4. The summed E-state index contributed by atoms with van der Waals surface area (Å²) in [4.78, 5) is 30.2. The summed E-state index contributed by atoms with van der Waals surface area (Å²) in [6.07, 6.45) is -0.394. The first-order chi connectivity index (χ1) is 13.3. The first-order valence-corrected chi connectivity index (χ1v) is 10.5. The fourth-order valence-corrected chi connectivity index (χ4v) is 5.55. The number of anilines is 1. The number of hydrogen-bond acceptors (Lipinski definition) is 5. The SMILES string of the molecule is O=C(O)CC1Sc2c(F)cccc2N(Cc2nc3c(Cl)c(Cl)ccc3s2)C1=O. The number of aliphatic carboxylic acids is 1. The molecule has 0 saturated carbocycles. The fourth-order valence-electron chi connectivity index (χ4n) is 2.95. The predicted octanol–water partition coefficient (Wildman–Crippen LogP) is 5.22. The van der Waals surface area contributed by atoms with E-state index in [9.17, 15) is 14.0 Å². The van der Waals surface area contributed by atoms with Crippen molar-refractivity contribution in [3.05, 3.63) is 51.2 Å². The maximum absolute atomic E-state index is 14.3. The molecule has 0 radical (unpaired) electrons. The highest BCUT2D eigenvalue weighted by molar-refractivity contribution is 8.01. The zero-order chi connectivity index (χ0) is 20.0. The van der Waals surface area contributed by atoms with Gasteiger partial charge in [-0.2, -0.15) is 0 Å². The number of nitrogens with zero attached hydrogens (tertiary/aromatic N) is 2. The van der Waals surface area contributed by atoms with Crippen molar-refractivity contribution >= 4 is 74.1 Å². The van der Waals surface area contributed by atoms with E-state index in [1.54, 1.807) is 18.2 Å². The number of carboxylic acids is 1. The van der Waals surface area contributed by atoms with E-state index in [0.29, 0.717) is 26.3 Å². The Bertz CT molecular complexity index is 1120. The molecule has 144 valence electrons. The third kappa shape index (κ3) is 3.45. The number of amides is 1. The number of hydrogen-bond donors (Lipinski definition) is 1. The van der Waals surface area contributed by atoms with Gasteiger partial charge in [0.25, 0.3) is 0 Å². The van der Waals surface area contributed by atoms with Crippen LogP contribution >= 0.6 is 46.3 Å². The van der Waals surface area contributed by atoms with Crippen LogP contribution in [-0.4, -0.2) is 27.2 Å². The van der Waals surface area contributed by atoms with Gasteiger partial charge in [-0.25, -0.2) is 9.37 Å². The number of aromatic nitrogens is 1. The van der Waals surface area contributed by atoms with Crippen molar-refractivity contribution in [3.8, 4) is 0 Å². The summed E-state index contributed by atoms with van der Waals surface area (Å²) in [5.74, 6) is -2.00. The Balaban J connectivity index is 1.75. The number of carboxylic acid groups (broad SMARTS) is 1. The van der Waals surface area contributed by atoms with Crippen molar-refractivity contribution in [1.29, 1.82) is 0 Å². The van der Waals surface area contributed by atoms with E-state index in [0.717, 1.165) is 16.5 Å². The highest BCUT2D eigenvalue weighted by Crippen LogP contribution is 2.43. The number of thioether (sulfide) groups is 1. The summed E-state index contributed by atoms with van der Waals surface area (Å²) in [5.41, 5.74) is 0.939. The molecule has 4 rings (SSSR count). The molecule has 1 aliphatic rings. The summed E-state index contributed by atoms with van der Waals surface area (Å²) >= 11 is 14.5. The molecule has 1 N–H and O–H groups in total. The standard InChI is InChI=1S/C18H11Cl2FN2O3S2/c19-8-4-5-11-16(15(8)20)22-13(27-11)7-23-10-3-1-2-9(21)17(10)28-12(18(23)26)6-14(24)25/h1-5,12H,6-7H2,(H,24,25). The molecule has 10 heteroatoms. The molecule has 0 bridgehead atoms. The summed E-state index contributed by atoms with van der Waals surface area (Å²) < 4.78 is 15.1. The van der Waals surface area contributed by atoms with Crippen LogP contribution in [0, 0.1) is 5.82 Å². The molecule has 28 heavy (non-hydrogen) atoms. The van der Waals surface area contributed by atoms with Crippen molar-refractivity contribution in [3.63, 3.8) is 0 Å². The summed E-state index contributed by atoms with van der Waals surface area (Å²) in [5, 5.41) is 9.50. The number of carbonyl (C=O) groups excluding carboxylic acids is 1. The van der Waals surface area contributed by atoms with Gasteiger partial charge in [0.15, 0.2) is 0 Å². The minimum absolute atomic E-state index is 0.0826. The van der Waals surface area contributed by atoms with E-state index < -0.39 is 29.4 Å². The van der Waals surface area contributed by atoms with E-state index in [1.807, 2.05) is 0 Å². The lowest BCUT2D eigenvalue weighted by Gasteiger charge is -2.32. The second-order valence-corrected chi connectivity index (χ2v) is 9.15. The molecule has 1 aromatic heterocycles. The number of fused-ring (bicyclic) bond motifs is 2. The third-order valence-corrected chi connectivity index (χ3v) is 7.28. The Hall–Kier alpha value is -1.87. The maximum Gasteiger partial charge on any atom is 0.305 e. The predicted molar refractivity (Wildman–Crippen MR) is 109 cm³/mol. The highest BCUT2D eigenvalue weighted by atomic mass is 35.5. The number of benzene rings is 2. The van der Waals surface area contributed by atoms with E-state index >= 15 is 0 Å². The van der Waals surface area contributed by atoms with E-state index in [4.69, 9.17) is 28.3 Å². The van der Waals surface area contributed by atoms with Gasteiger partial charge >= 0.3 is 5.97 Å². The Labute approximate surface area is 177 Å². The number of carbonyl (C=O) groups is 2. The van der Waals surface area contributed by atoms with Crippen LogP contribution < -0.4 is 4.90 Å². The normalized spacial score (nSPS) is 16.5. The molecule has 2 heterocycles. The molecule has 1 aliphatic heterocycles. The zero-order valence-electron chi connectivity index (χ0n) is 14.0. The van der Waals surface area contributed by atoms with Crippen LogP contribution in [0.2, 0.25) is 10.0 Å². The molecule has 3 aromatic rings. The molecule has 5 nitrogen and oxygen atoms in total. The summed E-state index contributed by atoms with van der Waals surface area (Å²) in [6.45, 7) is 0.0826. The van der Waals surface area contributed by atoms with E-state index in [2.05, 4.69) is 4.98 Å². The Morgan fingerprint density at radius 2 is 2.07 bits per heavy atom. The molecule has 0 spiro atoms. The topological polar surface area (TPSA) is 70.5 Å². The zero-order valence-corrected chi connectivity index (χ0v) is 17.1. The molecule has 0 aliphatic carbocycles. The molecule has 0 saturated heterocycles. The molecular formula is C18H11Cl2FN2O3S2. The lowest BCUT2D eigenvalue weighted by atomic mass is 10.2. The Kier molecular flexibility index (Phi) is 5.22. The second-order valence-electron chi connectivity index (χ2n) is 6.03. The first-order valence-electron chi connectivity index (χ1n) is 8.07. The van der Waals surface area contributed by atoms with Gasteiger partial charge in [0.05, 0.1) is 43.5 Å². The summed E-state index contributed by atoms with van der Waals surface area (Å²) in [6, 6.07) is 7.90. The van der Waals surface area contributed by atoms with Crippen LogP contribution in [0.4, 0.5) is 10.1 Å². The van der Waals surface area contributed by atoms with Crippen LogP contribution in [0.25, 0.3) is 10.2 Å². The molecule has 1 unspecified atom stereocenters. The molecule has 0 fully saturated rings. The minimum Gasteiger partial charge on any atom is -0.481 e. The van der Waals surface area contributed by atoms with E-state index in [-0.39, 0.29) is 11.4 Å². The van der Waals surface area contributed by atoms with Gasteiger partial charge in [-0.1, -0.05) is 29.3 Å². The van der Waals surface area contributed by atoms with Gasteiger partial charge in [0.2, 0.25) is 5.91 Å². The lowest BCUT2D eigenvalue weighted by Crippen LogP contribution is -2.41. The van der Waals surface area contributed by atoms with Crippen molar-refractivity contribution in [1.82, 2.24) is 4.98 Å². The van der Waals surface area contributed by atoms with Gasteiger partial charge in [0, 0.05) is 0 Å². The van der Waals surface area contributed by atoms with Crippen LogP contribution in [0.15, 0.2) is 35.2 Å². The number of thiazole rings is 1. The minimum atomic E-state index is -1.12.